The monoisotopic (exact) mass is 227 g/mol. The third-order valence-electron chi connectivity index (χ3n) is 3.54. The largest absolute Gasteiger partial charge is 0.383 e. The highest BCUT2D eigenvalue weighted by atomic mass is 35.5. The van der Waals surface area contributed by atoms with Crippen LogP contribution in [0.1, 0.15) is 24.8 Å². The van der Waals surface area contributed by atoms with E-state index in [2.05, 4.69) is 11.4 Å². The Morgan fingerprint density at radius 1 is 1.21 bits per heavy atom. The van der Waals surface area contributed by atoms with Crippen LogP contribution in [0.25, 0.3) is 0 Å². The number of hydrogen-bond donors (Lipinski definition) is 1. The molecular weight excluding hydrogens is 217 g/mol. The summed E-state index contributed by atoms with van der Waals surface area (Å²) in [6.45, 7) is 1.03. The van der Waals surface area contributed by atoms with Crippen molar-refractivity contribution >= 4 is 28.9 Å². The van der Waals surface area contributed by atoms with E-state index in [4.69, 9.17) is 23.2 Å². The van der Waals surface area contributed by atoms with Crippen LogP contribution in [0.3, 0.4) is 0 Å². The molecular formula is C11H11Cl2N. The second-order valence-corrected chi connectivity index (χ2v) is 5.14. The predicted octanol–water partition coefficient (Wildman–Crippen LogP) is 3.84. The van der Waals surface area contributed by atoms with Crippen molar-refractivity contribution in [3.8, 4) is 0 Å². The molecule has 0 unspecified atom stereocenters. The smallest absolute Gasteiger partial charge is 0.0655 e. The average molecular weight is 228 g/mol. The summed E-state index contributed by atoms with van der Waals surface area (Å²) >= 11 is 12.2. The van der Waals surface area contributed by atoms with Crippen LogP contribution in [0.4, 0.5) is 5.69 Å². The van der Waals surface area contributed by atoms with Gasteiger partial charge in [0, 0.05) is 17.0 Å². The maximum Gasteiger partial charge on any atom is 0.0655 e. The van der Waals surface area contributed by atoms with Crippen molar-refractivity contribution in [2.45, 2.75) is 24.7 Å². The Balaban J connectivity index is 2.18. The van der Waals surface area contributed by atoms with Crippen molar-refractivity contribution < 1.29 is 0 Å². The van der Waals surface area contributed by atoms with E-state index >= 15 is 0 Å². The first-order valence-corrected chi connectivity index (χ1v) is 5.70. The van der Waals surface area contributed by atoms with Crippen LogP contribution < -0.4 is 5.32 Å². The van der Waals surface area contributed by atoms with Crippen LogP contribution in [-0.4, -0.2) is 6.54 Å². The molecule has 1 aromatic rings. The molecule has 1 aliphatic carbocycles. The lowest BCUT2D eigenvalue weighted by Gasteiger charge is -2.38. The Labute approximate surface area is 93.4 Å². The molecule has 0 atom stereocenters. The first-order chi connectivity index (χ1) is 6.71. The lowest BCUT2D eigenvalue weighted by molar-refractivity contribution is 0.272. The molecule has 1 aromatic carbocycles. The van der Waals surface area contributed by atoms with Gasteiger partial charge in [-0.1, -0.05) is 29.6 Å². The molecule has 0 bridgehead atoms. The highest BCUT2D eigenvalue weighted by molar-refractivity contribution is 6.36. The number of hydrogen-bond acceptors (Lipinski definition) is 1. The Morgan fingerprint density at radius 3 is 2.64 bits per heavy atom. The van der Waals surface area contributed by atoms with Gasteiger partial charge in [0.25, 0.3) is 0 Å². The van der Waals surface area contributed by atoms with E-state index in [0.717, 1.165) is 22.3 Å². The number of halogens is 2. The number of fused-ring (bicyclic) bond motifs is 2. The predicted molar refractivity (Wildman–Crippen MR) is 60.5 cm³/mol. The summed E-state index contributed by atoms with van der Waals surface area (Å²) in [7, 11) is 0. The normalized spacial score (nSPS) is 21.6. The maximum atomic E-state index is 6.14. The minimum Gasteiger partial charge on any atom is -0.383 e. The number of rotatable bonds is 0. The summed E-state index contributed by atoms with van der Waals surface area (Å²) in [4.78, 5) is 0. The number of anilines is 1. The molecule has 14 heavy (non-hydrogen) atoms. The van der Waals surface area contributed by atoms with Crippen molar-refractivity contribution in [2.75, 3.05) is 11.9 Å². The van der Waals surface area contributed by atoms with Crippen molar-refractivity contribution in [1.29, 1.82) is 0 Å². The summed E-state index contributed by atoms with van der Waals surface area (Å²) in [5.74, 6) is 0. The van der Waals surface area contributed by atoms with E-state index in [1.54, 1.807) is 0 Å². The van der Waals surface area contributed by atoms with Gasteiger partial charge in [0.05, 0.1) is 10.7 Å². The molecule has 1 fully saturated rings. The van der Waals surface area contributed by atoms with E-state index < -0.39 is 0 Å². The van der Waals surface area contributed by atoms with E-state index in [-0.39, 0.29) is 0 Å². The molecule has 0 amide bonds. The lowest BCUT2D eigenvalue weighted by atomic mass is 9.66. The maximum absolute atomic E-state index is 6.14. The fourth-order valence-corrected chi connectivity index (χ4v) is 3.13. The Morgan fingerprint density at radius 2 is 2.00 bits per heavy atom. The molecule has 3 rings (SSSR count). The van der Waals surface area contributed by atoms with Crippen LogP contribution in [0.15, 0.2) is 12.1 Å². The van der Waals surface area contributed by atoms with Gasteiger partial charge < -0.3 is 5.32 Å². The standard InChI is InChI=1S/C11H11Cl2N/c12-7-4-8-10(9(13)5-7)14-6-11(8)2-1-3-11/h4-5,14H,1-3,6H2. The number of benzene rings is 1. The molecule has 1 spiro atoms. The molecule has 1 saturated carbocycles. The van der Waals surface area contributed by atoms with Crippen molar-refractivity contribution in [1.82, 2.24) is 0 Å². The summed E-state index contributed by atoms with van der Waals surface area (Å²) in [6, 6.07) is 3.88. The Kier molecular flexibility index (Phi) is 1.78. The third kappa shape index (κ3) is 1.03. The molecule has 1 nitrogen and oxygen atoms in total. The van der Waals surface area contributed by atoms with Gasteiger partial charge in [0.2, 0.25) is 0 Å². The summed E-state index contributed by atoms with van der Waals surface area (Å²) < 4.78 is 0. The highest BCUT2D eigenvalue weighted by Gasteiger charge is 2.44. The molecule has 0 saturated heterocycles. The molecule has 2 aliphatic rings. The number of nitrogens with one attached hydrogen (secondary N) is 1. The van der Waals surface area contributed by atoms with Gasteiger partial charge in [0.15, 0.2) is 0 Å². The van der Waals surface area contributed by atoms with Gasteiger partial charge >= 0.3 is 0 Å². The molecule has 1 heterocycles. The van der Waals surface area contributed by atoms with Crippen molar-refractivity contribution in [3.05, 3.63) is 27.7 Å². The molecule has 3 heteroatoms. The van der Waals surface area contributed by atoms with Crippen LogP contribution in [0.5, 0.6) is 0 Å². The second kappa shape index (κ2) is 2.80. The first kappa shape index (κ1) is 8.87. The SMILES string of the molecule is Clc1cc(Cl)c2c(c1)C1(CCC1)CN2. The second-order valence-electron chi connectivity index (χ2n) is 4.30. The van der Waals surface area contributed by atoms with Crippen LogP contribution in [0, 0.1) is 0 Å². The minimum atomic E-state index is 0.351. The molecule has 0 aromatic heterocycles. The van der Waals surface area contributed by atoms with Crippen LogP contribution >= 0.6 is 23.2 Å². The Bertz CT molecular complexity index is 397. The molecule has 74 valence electrons. The first-order valence-electron chi connectivity index (χ1n) is 4.95. The zero-order valence-corrected chi connectivity index (χ0v) is 9.25. The highest BCUT2D eigenvalue weighted by Crippen LogP contribution is 2.52. The van der Waals surface area contributed by atoms with Crippen molar-refractivity contribution in [3.63, 3.8) is 0 Å². The van der Waals surface area contributed by atoms with Gasteiger partial charge in [-0.2, -0.15) is 0 Å². The summed E-state index contributed by atoms with van der Waals surface area (Å²) in [5, 5.41) is 4.91. The van der Waals surface area contributed by atoms with Gasteiger partial charge in [0.1, 0.15) is 0 Å². The molecule has 0 radical (unpaired) electrons. The van der Waals surface area contributed by atoms with Gasteiger partial charge in [-0.3, -0.25) is 0 Å². The van der Waals surface area contributed by atoms with Crippen LogP contribution in [-0.2, 0) is 5.41 Å². The quantitative estimate of drug-likeness (QED) is 0.711. The fourth-order valence-electron chi connectivity index (χ4n) is 2.57. The third-order valence-corrected chi connectivity index (χ3v) is 4.06. The summed E-state index contributed by atoms with van der Waals surface area (Å²) in [6.07, 6.45) is 3.86. The topological polar surface area (TPSA) is 12.0 Å². The minimum absolute atomic E-state index is 0.351. The molecule has 1 N–H and O–H groups in total. The van der Waals surface area contributed by atoms with E-state index in [0.29, 0.717) is 5.41 Å². The van der Waals surface area contributed by atoms with Crippen LogP contribution in [0.2, 0.25) is 10.0 Å². The zero-order valence-electron chi connectivity index (χ0n) is 7.74. The Hall–Kier alpha value is -0.400. The van der Waals surface area contributed by atoms with E-state index in [9.17, 15) is 0 Å². The molecule has 1 aliphatic heterocycles. The zero-order chi connectivity index (χ0) is 9.76. The van der Waals surface area contributed by atoms with Crippen molar-refractivity contribution in [2.24, 2.45) is 0 Å². The average Bonchev–Trinajstić information content (AvgIpc) is 2.42. The van der Waals surface area contributed by atoms with Gasteiger partial charge in [-0.05, 0) is 30.5 Å². The van der Waals surface area contributed by atoms with Gasteiger partial charge in [-0.25, -0.2) is 0 Å². The lowest BCUT2D eigenvalue weighted by Crippen LogP contribution is -2.35. The van der Waals surface area contributed by atoms with E-state index in [1.807, 2.05) is 6.07 Å². The van der Waals surface area contributed by atoms with E-state index in [1.165, 1.54) is 24.8 Å². The summed E-state index contributed by atoms with van der Waals surface area (Å²) in [5.41, 5.74) is 2.79. The fraction of sp³-hybridized carbons (Fsp3) is 0.455. The van der Waals surface area contributed by atoms with Gasteiger partial charge in [-0.15, -0.1) is 0 Å².